The minimum absolute atomic E-state index is 0.946. The van der Waals surface area contributed by atoms with Gasteiger partial charge in [0.1, 0.15) is 0 Å². The molecule has 0 spiro atoms. The van der Waals surface area contributed by atoms with E-state index in [1.807, 2.05) is 0 Å². The number of aryl methyl sites for hydroxylation is 2. The third-order valence-electron chi connectivity index (χ3n) is 4.01. The van der Waals surface area contributed by atoms with E-state index in [-0.39, 0.29) is 0 Å². The van der Waals surface area contributed by atoms with Crippen molar-refractivity contribution in [2.45, 2.75) is 32.7 Å². The van der Waals surface area contributed by atoms with Gasteiger partial charge in [0.25, 0.3) is 0 Å². The Labute approximate surface area is 131 Å². The SMILES string of the molecule is Cc1csc(CCNCc2ccc3c(c2)CCCN3C)n1. The van der Waals surface area contributed by atoms with Crippen molar-refractivity contribution in [1.29, 1.82) is 0 Å². The van der Waals surface area contributed by atoms with Gasteiger partial charge in [-0.15, -0.1) is 11.3 Å². The molecule has 1 aliphatic heterocycles. The van der Waals surface area contributed by atoms with Crippen molar-refractivity contribution in [3.05, 3.63) is 45.4 Å². The van der Waals surface area contributed by atoms with Crippen LogP contribution in [0.3, 0.4) is 0 Å². The van der Waals surface area contributed by atoms with Crippen LogP contribution in [-0.2, 0) is 19.4 Å². The Balaban J connectivity index is 1.51. The predicted molar refractivity (Wildman–Crippen MR) is 90.3 cm³/mol. The van der Waals surface area contributed by atoms with Crippen molar-refractivity contribution < 1.29 is 0 Å². The summed E-state index contributed by atoms with van der Waals surface area (Å²) in [5, 5.41) is 6.88. The summed E-state index contributed by atoms with van der Waals surface area (Å²) in [6, 6.07) is 6.89. The lowest BCUT2D eigenvalue weighted by Crippen LogP contribution is -2.25. The van der Waals surface area contributed by atoms with Crippen LogP contribution < -0.4 is 10.2 Å². The van der Waals surface area contributed by atoms with E-state index in [9.17, 15) is 0 Å². The Morgan fingerprint density at radius 3 is 3.10 bits per heavy atom. The van der Waals surface area contributed by atoms with E-state index in [1.165, 1.54) is 41.2 Å². The van der Waals surface area contributed by atoms with Crippen molar-refractivity contribution >= 4 is 17.0 Å². The lowest BCUT2D eigenvalue weighted by molar-refractivity contribution is 0.681. The molecular weight excluding hydrogens is 278 g/mol. The molecule has 4 heteroatoms. The summed E-state index contributed by atoms with van der Waals surface area (Å²) < 4.78 is 0. The molecule has 0 fully saturated rings. The molecule has 0 bridgehead atoms. The molecule has 1 aliphatic rings. The molecule has 1 N–H and O–H groups in total. The first-order valence-corrected chi connectivity index (χ1v) is 8.55. The Hall–Kier alpha value is -1.39. The van der Waals surface area contributed by atoms with Crippen LogP contribution in [0, 0.1) is 6.92 Å². The van der Waals surface area contributed by atoms with Gasteiger partial charge in [-0.1, -0.05) is 12.1 Å². The number of anilines is 1. The number of benzene rings is 1. The maximum absolute atomic E-state index is 4.49. The van der Waals surface area contributed by atoms with E-state index in [4.69, 9.17) is 0 Å². The highest BCUT2D eigenvalue weighted by atomic mass is 32.1. The summed E-state index contributed by atoms with van der Waals surface area (Å²) in [5.41, 5.74) is 5.43. The Morgan fingerprint density at radius 1 is 1.38 bits per heavy atom. The molecule has 112 valence electrons. The van der Waals surface area contributed by atoms with Crippen molar-refractivity contribution in [1.82, 2.24) is 10.3 Å². The van der Waals surface area contributed by atoms with Crippen LogP contribution in [0.5, 0.6) is 0 Å². The Bertz CT molecular complexity index is 606. The topological polar surface area (TPSA) is 28.2 Å². The smallest absolute Gasteiger partial charge is 0.0940 e. The number of nitrogens with one attached hydrogen (secondary N) is 1. The van der Waals surface area contributed by atoms with Crippen molar-refractivity contribution in [2.75, 3.05) is 25.0 Å². The maximum Gasteiger partial charge on any atom is 0.0940 e. The second-order valence-corrected chi connectivity index (χ2v) is 6.74. The fourth-order valence-corrected chi connectivity index (χ4v) is 3.67. The molecule has 2 heterocycles. The first-order valence-electron chi connectivity index (χ1n) is 7.67. The number of hydrogen-bond acceptors (Lipinski definition) is 4. The first kappa shape index (κ1) is 14.5. The molecule has 1 aromatic carbocycles. The minimum atomic E-state index is 0.946. The van der Waals surface area contributed by atoms with E-state index in [1.54, 1.807) is 11.3 Å². The molecule has 0 aliphatic carbocycles. The van der Waals surface area contributed by atoms with E-state index < -0.39 is 0 Å². The monoisotopic (exact) mass is 301 g/mol. The number of thiazole rings is 1. The summed E-state index contributed by atoms with van der Waals surface area (Å²) in [6.07, 6.45) is 3.50. The predicted octanol–water partition coefficient (Wildman–Crippen LogP) is 3.17. The second kappa shape index (κ2) is 6.58. The average molecular weight is 301 g/mol. The molecule has 3 rings (SSSR count). The molecule has 0 saturated carbocycles. The molecular formula is C17H23N3S. The second-order valence-electron chi connectivity index (χ2n) is 5.80. The van der Waals surface area contributed by atoms with Gasteiger partial charge in [-0.25, -0.2) is 4.98 Å². The summed E-state index contributed by atoms with van der Waals surface area (Å²) in [7, 11) is 2.19. The molecule has 0 saturated heterocycles. The van der Waals surface area contributed by atoms with Crippen LogP contribution >= 0.6 is 11.3 Å². The highest BCUT2D eigenvalue weighted by Crippen LogP contribution is 2.26. The number of hydrogen-bond donors (Lipinski definition) is 1. The van der Waals surface area contributed by atoms with Crippen LogP contribution in [0.15, 0.2) is 23.6 Å². The molecule has 2 aromatic rings. The van der Waals surface area contributed by atoms with Gasteiger partial charge in [-0.05, 0) is 37.0 Å². The largest absolute Gasteiger partial charge is 0.374 e. The van der Waals surface area contributed by atoms with E-state index >= 15 is 0 Å². The zero-order valence-electron chi connectivity index (χ0n) is 12.9. The molecule has 0 unspecified atom stereocenters. The summed E-state index contributed by atoms with van der Waals surface area (Å²) in [4.78, 5) is 6.86. The zero-order valence-corrected chi connectivity index (χ0v) is 13.7. The minimum Gasteiger partial charge on any atom is -0.374 e. The molecule has 1 aromatic heterocycles. The fraction of sp³-hybridized carbons (Fsp3) is 0.471. The van der Waals surface area contributed by atoms with Gasteiger partial charge < -0.3 is 10.2 Å². The summed E-state index contributed by atoms with van der Waals surface area (Å²) in [6.45, 7) is 5.17. The van der Waals surface area contributed by atoms with Crippen molar-refractivity contribution in [3.8, 4) is 0 Å². The molecule has 3 nitrogen and oxygen atoms in total. The Kier molecular flexibility index (Phi) is 4.56. The summed E-state index contributed by atoms with van der Waals surface area (Å²) >= 11 is 1.76. The highest BCUT2D eigenvalue weighted by Gasteiger charge is 2.13. The fourth-order valence-electron chi connectivity index (χ4n) is 2.89. The average Bonchev–Trinajstić information content (AvgIpc) is 2.89. The number of fused-ring (bicyclic) bond motifs is 1. The van der Waals surface area contributed by atoms with E-state index in [0.29, 0.717) is 0 Å². The van der Waals surface area contributed by atoms with Crippen LogP contribution in [0.4, 0.5) is 5.69 Å². The van der Waals surface area contributed by atoms with Crippen LogP contribution in [-0.4, -0.2) is 25.1 Å². The highest BCUT2D eigenvalue weighted by molar-refractivity contribution is 7.09. The van der Waals surface area contributed by atoms with Gasteiger partial charge in [0.05, 0.1) is 5.01 Å². The van der Waals surface area contributed by atoms with Crippen LogP contribution in [0.1, 0.15) is 28.2 Å². The van der Waals surface area contributed by atoms with Crippen LogP contribution in [0.2, 0.25) is 0 Å². The van der Waals surface area contributed by atoms with E-state index in [2.05, 4.69) is 52.8 Å². The molecule has 21 heavy (non-hydrogen) atoms. The number of aromatic nitrogens is 1. The summed E-state index contributed by atoms with van der Waals surface area (Å²) in [5.74, 6) is 0. The van der Waals surface area contributed by atoms with Crippen molar-refractivity contribution in [2.24, 2.45) is 0 Å². The number of nitrogens with zero attached hydrogens (tertiary/aromatic N) is 2. The van der Waals surface area contributed by atoms with Crippen LogP contribution in [0.25, 0.3) is 0 Å². The number of rotatable bonds is 5. The standard InChI is InChI=1S/C17H23N3S/c1-13-12-21-17(19-13)7-8-18-11-14-5-6-16-15(10-14)4-3-9-20(16)2/h5-6,10,12,18H,3-4,7-9,11H2,1-2H3. The van der Waals surface area contributed by atoms with Gasteiger partial charge >= 0.3 is 0 Å². The zero-order chi connectivity index (χ0) is 14.7. The molecule has 0 atom stereocenters. The van der Waals surface area contributed by atoms with Gasteiger partial charge in [-0.2, -0.15) is 0 Å². The molecule has 0 radical (unpaired) electrons. The van der Waals surface area contributed by atoms with Gasteiger partial charge in [0.15, 0.2) is 0 Å². The Morgan fingerprint density at radius 2 is 2.29 bits per heavy atom. The maximum atomic E-state index is 4.49. The first-order chi connectivity index (χ1) is 10.2. The lowest BCUT2D eigenvalue weighted by atomic mass is 9.99. The van der Waals surface area contributed by atoms with Gasteiger partial charge in [0, 0.05) is 49.9 Å². The quantitative estimate of drug-likeness (QED) is 0.860. The van der Waals surface area contributed by atoms with Crippen molar-refractivity contribution in [3.63, 3.8) is 0 Å². The lowest BCUT2D eigenvalue weighted by Gasteiger charge is -2.27. The molecule has 0 amide bonds. The normalized spacial score (nSPS) is 14.3. The third-order valence-corrected chi connectivity index (χ3v) is 5.03. The van der Waals surface area contributed by atoms with Gasteiger partial charge in [0.2, 0.25) is 0 Å². The van der Waals surface area contributed by atoms with E-state index in [0.717, 1.165) is 25.2 Å². The third kappa shape index (κ3) is 3.63. The van der Waals surface area contributed by atoms with Gasteiger partial charge in [-0.3, -0.25) is 0 Å².